The molecular weight excluding hydrogens is 228 g/mol. The summed E-state index contributed by atoms with van der Waals surface area (Å²) < 4.78 is 0.261. The fourth-order valence-corrected chi connectivity index (χ4v) is 5.27. The van der Waals surface area contributed by atoms with E-state index in [0.29, 0.717) is 22.8 Å². The minimum atomic E-state index is 0.261. The molecule has 3 aliphatic rings. The molecule has 5 heteroatoms. The third kappa shape index (κ3) is 1.95. The van der Waals surface area contributed by atoms with Crippen molar-refractivity contribution in [3.8, 4) is 0 Å². The van der Waals surface area contributed by atoms with Crippen molar-refractivity contribution >= 4 is 28.0 Å². The maximum atomic E-state index is 11.3. The van der Waals surface area contributed by atoms with Crippen molar-refractivity contribution in [2.45, 2.75) is 49.0 Å². The Morgan fingerprint density at radius 3 is 2.53 bits per heavy atom. The molecule has 3 nitrogen and oxygen atoms in total. The largest absolute Gasteiger partial charge is 0.299 e. The molecule has 0 aromatic heterocycles. The summed E-state index contributed by atoms with van der Waals surface area (Å²) in [6.45, 7) is 2.33. The molecule has 5 unspecified atom stereocenters. The first-order valence-electron chi connectivity index (χ1n) is 5.62. The lowest BCUT2D eigenvalue weighted by Crippen LogP contribution is -2.64. The van der Waals surface area contributed by atoms with Crippen LogP contribution in [0, 0.1) is 5.92 Å². The van der Waals surface area contributed by atoms with Gasteiger partial charge in [-0.2, -0.15) is 0 Å². The summed E-state index contributed by atoms with van der Waals surface area (Å²) in [5, 5.41) is 7.87. The minimum Gasteiger partial charge on any atom is -0.299 e. The van der Waals surface area contributed by atoms with Gasteiger partial charge in [0.1, 0.15) is 0 Å². The molecule has 0 aromatic rings. The highest BCUT2D eigenvalue weighted by atomic mass is 32.2. The van der Waals surface area contributed by atoms with Gasteiger partial charge in [-0.25, -0.2) is 0 Å². The first-order chi connectivity index (χ1) is 7.22. The molecule has 2 aliphatic heterocycles. The SMILES string of the molecule is CC1CCC2NC3SC(=O)SC3NC2C1. The Bertz CT molecular complexity index is 287. The smallest absolute Gasteiger partial charge is 0.249 e. The van der Waals surface area contributed by atoms with Crippen LogP contribution >= 0.6 is 23.5 Å². The predicted molar refractivity (Wildman–Crippen MR) is 65.0 cm³/mol. The molecule has 1 saturated carbocycles. The number of carbonyl (C=O) groups excluding carboxylic acids is 1. The van der Waals surface area contributed by atoms with Gasteiger partial charge in [0, 0.05) is 12.1 Å². The van der Waals surface area contributed by atoms with Crippen LogP contribution in [0.5, 0.6) is 0 Å². The van der Waals surface area contributed by atoms with Crippen molar-refractivity contribution in [1.82, 2.24) is 10.6 Å². The maximum absolute atomic E-state index is 11.3. The number of carbonyl (C=O) groups is 1. The Morgan fingerprint density at radius 2 is 1.80 bits per heavy atom. The molecule has 0 spiro atoms. The Balaban J connectivity index is 1.71. The van der Waals surface area contributed by atoms with E-state index in [1.54, 1.807) is 0 Å². The molecule has 3 fully saturated rings. The first kappa shape index (κ1) is 10.4. The van der Waals surface area contributed by atoms with Crippen LogP contribution in [0.4, 0.5) is 4.79 Å². The zero-order valence-corrected chi connectivity index (χ0v) is 10.4. The summed E-state index contributed by atoms with van der Waals surface area (Å²) in [5.74, 6) is 0.826. The van der Waals surface area contributed by atoms with Gasteiger partial charge >= 0.3 is 0 Å². The molecule has 15 heavy (non-hydrogen) atoms. The van der Waals surface area contributed by atoms with Crippen LogP contribution in [0.1, 0.15) is 26.2 Å². The quantitative estimate of drug-likeness (QED) is 0.682. The molecule has 5 atom stereocenters. The van der Waals surface area contributed by atoms with Gasteiger partial charge < -0.3 is 0 Å². The number of hydrogen-bond donors (Lipinski definition) is 2. The first-order valence-corrected chi connectivity index (χ1v) is 7.37. The Labute approximate surface area is 98.5 Å². The zero-order valence-electron chi connectivity index (χ0n) is 8.73. The number of fused-ring (bicyclic) bond motifs is 2. The van der Waals surface area contributed by atoms with E-state index < -0.39 is 0 Å². The average molecular weight is 244 g/mol. The van der Waals surface area contributed by atoms with Gasteiger partial charge in [-0.3, -0.25) is 15.4 Å². The van der Waals surface area contributed by atoms with E-state index in [9.17, 15) is 4.79 Å². The van der Waals surface area contributed by atoms with Crippen LogP contribution in [-0.2, 0) is 0 Å². The fraction of sp³-hybridized carbons (Fsp3) is 0.900. The van der Waals surface area contributed by atoms with E-state index in [2.05, 4.69) is 17.6 Å². The van der Waals surface area contributed by atoms with Crippen molar-refractivity contribution in [2.24, 2.45) is 5.92 Å². The van der Waals surface area contributed by atoms with Gasteiger partial charge in [0.25, 0.3) is 0 Å². The fourth-order valence-electron chi connectivity index (χ4n) is 2.79. The highest BCUT2D eigenvalue weighted by Crippen LogP contribution is 2.41. The van der Waals surface area contributed by atoms with E-state index in [1.807, 2.05) is 0 Å². The molecule has 2 heterocycles. The second kappa shape index (κ2) is 3.95. The van der Waals surface area contributed by atoms with Crippen LogP contribution in [0.3, 0.4) is 0 Å². The molecule has 84 valence electrons. The molecule has 3 rings (SSSR count). The molecule has 2 N–H and O–H groups in total. The highest BCUT2D eigenvalue weighted by Gasteiger charge is 2.44. The van der Waals surface area contributed by atoms with Gasteiger partial charge in [0.2, 0.25) is 4.45 Å². The Hall–Kier alpha value is 0.290. The van der Waals surface area contributed by atoms with Crippen molar-refractivity contribution in [2.75, 3.05) is 0 Å². The number of hydrogen-bond acceptors (Lipinski definition) is 5. The third-order valence-electron chi connectivity index (χ3n) is 3.59. The summed E-state index contributed by atoms with van der Waals surface area (Å²) >= 11 is 2.91. The van der Waals surface area contributed by atoms with Crippen molar-refractivity contribution in [3.05, 3.63) is 0 Å². The number of piperazine rings is 1. The second-order valence-electron chi connectivity index (χ2n) is 4.79. The van der Waals surface area contributed by atoms with Gasteiger partial charge in [0.15, 0.2) is 0 Å². The van der Waals surface area contributed by atoms with Crippen LogP contribution in [0.15, 0.2) is 0 Å². The van der Waals surface area contributed by atoms with Gasteiger partial charge in [-0.05, 0) is 25.2 Å². The van der Waals surface area contributed by atoms with Crippen molar-refractivity contribution in [1.29, 1.82) is 0 Å². The molecule has 0 radical (unpaired) electrons. The maximum Gasteiger partial charge on any atom is 0.249 e. The topological polar surface area (TPSA) is 41.1 Å². The summed E-state index contributed by atoms with van der Waals surface area (Å²) in [7, 11) is 0. The molecule has 0 aromatic carbocycles. The molecule has 1 aliphatic carbocycles. The van der Waals surface area contributed by atoms with Crippen molar-refractivity contribution in [3.63, 3.8) is 0 Å². The van der Waals surface area contributed by atoms with E-state index in [-0.39, 0.29) is 4.45 Å². The predicted octanol–water partition coefficient (Wildman–Crippen LogP) is 1.99. The zero-order chi connectivity index (χ0) is 10.4. The summed E-state index contributed by atoms with van der Waals surface area (Å²) in [6, 6.07) is 1.16. The standard InChI is InChI=1S/C10H16N2OS2/c1-5-2-3-6-7(4-5)12-9-8(11-6)14-10(13)15-9/h5-9,11-12H,2-4H2,1H3. The second-order valence-corrected chi connectivity index (χ2v) is 7.28. The average Bonchev–Trinajstić information content (AvgIpc) is 2.53. The van der Waals surface area contributed by atoms with Crippen LogP contribution in [-0.4, -0.2) is 27.3 Å². The van der Waals surface area contributed by atoms with Gasteiger partial charge in [-0.15, -0.1) is 0 Å². The lowest BCUT2D eigenvalue weighted by atomic mass is 9.82. The van der Waals surface area contributed by atoms with Gasteiger partial charge in [-0.1, -0.05) is 30.4 Å². The van der Waals surface area contributed by atoms with Crippen molar-refractivity contribution < 1.29 is 4.79 Å². The third-order valence-corrected chi connectivity index (χ3v) is 6.05. The Kier molecular flexibility index (Phi) is 2.75. The summed E-state index contributed by atoms with van der Waals surface area (Å²) in [4.78, 5) is 11.3. The minimum absolute atomic E-state index is 0.261. The lowest BCUT2D eigenvalue weighted by molar-refractivity contribution is 0.196. The highest BCUT2D eigenvalue weighted by molar-refractivity contribution is 8.41. The number of rotatable bonds is 0. The van der Waals surface area contributed by atoms with E-state index in [4.69, 9.17) is 0 Å². The van der Waals surface area contributed by atoms with Crippen LogP contribution in [0.25, 0.3) is 0 Å². The monoisotopic (exact) mass is 244 g/mol. The summed E-state index contributed by atoms with van der Waals surface area (Å²) in [6.07, 6.45) is 3.82. The van der Waals surface area contributed by atoms with E-state index in [1.165, 1.54) is 42.8 Å². The van der Waals surface area contributed by atoms with E-state index >= 15 is 0 Å². The molecule has 0 bridgehead atoms. The van der Waals surface area contributed by atoms with Gasteiger partial charge in [0.05, 0.1) is 10.7 Å². The Morgan fingerprint density at radius 1 is 1.13 bits per heavy atom. The number of nitrogens with one attached hydrogen (secondary N) is 2. The molecular formula is C10H16N2OS2. The summed E-state index contributed by atoms with van der Waals surface area (Å²) in [5.41, 5.74) is 0. The van der Waals surface area contributed by atoms with Crippen LogP contribution in [0.2, 0.25) is 0 Å². The normalized spacial score (nSPS) is 49.9. The van der Waals surface area contributed by atoms with Crippen LogP contribution < -0.4 is 10.6 Å². The number of thioether (sulfide) groups is 2. The molecule has 2 saturated heterocycles. The van der Waals surface area contributed by atoms with E-state index in [0.717, 1.165) is 5.92 Å². The molecule has 0 amide bonds. The lowest BCUT2D eigenvalue weighted by Gasteiger charge is -2.44.